The first-order valence-corrected chi connectivity index (χ1v) is 4.84. The first kappa shape index (κ1) is 15.7. The van der Waals surface area contributed by atoms with E-state index in [9.17, 15) is 9.46 Å². The van der Waals surface area contributed by atoms with Gasteiger partial charge in [0, 0.05) is 0 Å². The predicted octanol–water partition coefficient (Wildman–Crippen LogP) is -1.21. The van der Waals surface area contributed by atoms with Crippen molar-refractivity contribution in [3.05, 3.63) is 10.8 Å². The molecule has 0 aliphatic carbocycles. The van der Waals surface area contributed by atoms with E-state index in [1.54, 1.807) is 0 Å². The van der Waals surface area contributed by atoms with Gasteiger partial charge >= 0.3 is 37.4 Å². The van der Waals surface area contributed by atoms with Crippen molar-refractivity contribution in [2.24, 2.45) is 0 Å². The number of hydrogen-bond donors (Lipinski definition) is 0. The Bertz CT molecular complexity index is 193. The summed E-state index contributed by atoms with van der Waals surface area (Å²) >= 11 is 10.1. The van der Waals surface area contributed by atoms with Crippen molar-refractivity contribution in [3.63, 3.8) is 0 Å². The molecular formula is C4H6Cl2NaO4P. The van der Waals surface area contributed by atoms with E-state index < -0.39 is 7.82 Å². The maximum absolute atomic E-state index is 10.6. The topological polar surface area (TPSA) is 58.6 Å². The standard InChI is InChI=1S/C4H7Cl2O4P.Na/c1-2-9-11(7,8)10-3-4(5)6;/h3H,2H2,1H3,(H,7,8);/q;+1/p-1. The largest absolute Gasteiger partial charge is 1.00 e. The van der Waals surface area contributed by atoms with E-state index in [1.165, 1.54) is 6.92 Å². The van der Waals surface area contributed by atoms with Crippen molar-refractivity contribution in [1.29, 1.82) is 0 Å². The molecule has 0 fully saturated rings. The molecule has 1 unspecified atom stereocenters. The Morgan fingerprint density at radius 3 is 2.50 bits per heavy atom. The van der Waals surface area contributed by atoms with E-state index >= 15 is 0 Å². The molecule has 0 N–H and O–H groups in total. The van der Waals surface area contributed by atoms with Crippen LogP contribution in [0.4, 0.5) is 0 Å². The molecule has 0 spiro atoms. The van der Waals surface area contributed by atoms with Crippen LogP contribution >= 0.6 is 31.0 Å². The summed E-state index contributed by atoms with van der Waals surface area (Å²) in [6.45, 7) is 1.52. The van der Waals surface area contributed by atoms with Gasteiger partial charge < -0.3 is 13.9 Å². The van der Waals surface area contributed by atoms with Crippen LogP contribution < -0.4 is 34.5 Å². The number of phosphoric ester groups is 1. The number of halogens is 2. The zero-order chi connectivity index (χ0) is 8.91. The van der Waals surface area contributed by atoms with Crippen molar-refractivity contribution in [1.82, 2.24) is 0 Å². The number of rotatable bonds is 4. The van der Waals surface area contributed by atoms with Crippen molar-refractivity contribution < 1.29 is 48.1 Å². The fraction of sp³-hybridized carbons (Fsp3) is 0.500. The zero-order valence-electron chi connectivity index (χ0n) is 6.62. The number of phosphoric acid groups is 1. The summed E-state index contributed by atoms with van der Waals surface area (Å²) < 4.78 is 18.5. The normalized spacial score (nSPS) is 14.0. The Morgan fingerprint density at radius 1 is 1.67 bits per heavy atom. The van der Waals surface area contributed by atoms with Gasteiger partial charge in [-0.3, -0.25) is 4.57 Å². The molecule has 1 atom stereocenters. The van der Waals surface area contributed by atoms with Gasteiger partial charge in [-0.05, 0) is 6.92 Å². The summed E-state index contributed by atoms with van der Waals surface area (Å²) in [5, 5.41) is 0. The molecule has 12 heavy (non-hydrogen) atoms. The summed E-state index contributed by atoms with van der Waals surface area (Å²) in [5.41, 5.74) is 0. The fourth-order valence-electron chi connectivity index (χ4n) is 0.293. The van der Waals surface area contributed by atoms with Gasteiger partial charge in [0.05, 0.1) is 6.61 Å². The molecule has 0 aliphatic heterocycles. The Labute approximate surface area is 103 Å². The minimum absolute atomic E-state index is 0. The van der Waals surface area contributed by atoms with Crippen molar-refractivity contribution in [3.8, 4) is 0 Å². The molecule has 0 rings (SSSR count). The third-order valence-corrected chi connectivity index (χ3v) is 1.67. The van der Waals surface area contributed by atoms with E-state index in [0.717, 1.165) is 0 Å². The molecule has 0 saturated heterocycles. The molecule has 0 saturated carbocycles. The van der Waals surface area contributed by atoms with Crippen molar-refractivity contribution >= 4 is 31.0 Å². The van der Waals surface area contributed by atoms with Gasteiger partial charge in [-0.15, -0.1) is 0 Å². The van der Waals surface area contributed by atoms with Crippen molar-refractivity contribution in [2.45, 2.75) is 6.92 Å². The molecule has 0 heterocycles. The summed E-state index contributed by atoms with van der Waals surface area (Å²) in [4.78, 5) is 10.6. The third-order valence-electron chi connectivity index (χ3n) is 0.558. The van der Waals surface area contributed by atoms with Crippen LogP contribution in [0, 0.1) is 0 Å². The Kier molecular flexibility index (Phi) is 10.0. The molecular weight excluding hydrogens is 237 g/mol. The Balaban J connectivity index is 0. The number of hydrogen-bond acceptors (Lipinski definition) is 4. The first-order chi connectivity index (χ1) is 4.98. The van der Waals surface area contributed by atoms with Crippen LogP contribution in [-0.4, -0.2) is 6.61 Å². The summed E-state index contributed by atoms with van der Waals surface area (Å²) in [7, 11) is -4.24. The third kappa shape index (κ3) is 9.36. The average molecular weight is 243 g/mol. The fourth-order valence-corrected chi connectivity index (χ4v) is 1.12. The van der Waals surface area contributed by atoms with Gasteiger partial charge in [-0.1, -0.05) is 23.2 Å². The Hall–Kier alpha value is 1.27. The second-order valence-corrected chi connectivity index (χ2v) is 3.75. The maximum Gasteiger partial charge on any atom is 1.00 e. The van der Waals surface area contributed by atoms with Gasteiger partial charge in [0.15, 0.2) is 0 Å². The van der Waals surface area contributed by atoms with E-state index in [-0.39, 0.29) is 40.7 Å². The molecule has 0 aromatic rings. The predicted molar refractivity (Wildman–Crippen MR) is 40.1 cm³/mol. The van der Waals surface area contributed by atoms with Gasteiger partial charge in [0.2, 0.25) is 0 Å². The molecule has 0 aromatic carbocycles. The molecule has 4 nitrogen and oxygen atoms in total. The Morgan fingerprint density at radius 2 is 2.17 bits per heavy atom. The molecule has 66 valence electrons. The molecule has 0 aromatic heterocycles. The maximum atomic E-state index is 10.6. The van der Waals surface area contributed by atoms with E-state index in [1.807, 2.05) is 0 Å². The van der Waals surface area contributed by atoms with E-state index in [0.29, 0.717) is 6.26 Å². The van der Waals surface area contributed by atoms with Crippen molar-refractivity contribution in [2.75, 3.05) is 6.61 Å². The van der Waals surface area contributed by atoms with Crippen LogP contribution in [-0.2, 0) is 13.6 Å². The second-order valence-electron chi connectivity index (χ2n) is 1.38. The quantitative estimate of drug-likeness (QED) is 0.353. The molecule has 8 heteroatoms. The van der Waals surface area contributed by atoms with Crippen LogP contribution in [0.1, 0.15) is 6.92 Å². The van der Waals surface area contributed by atoms with Crippen LogP contribution in [0.15, 0.2) is 10.8 Å². The SMILES string of the molecule is CCOP(=O)([O-])OC=C(Cl)Cl.[Na+]. The first-order valence-electron chi connectivity index (χ1n) is 2.63. The van der Waals surface area contributed by atoms with Gasteiger partial charge in [-0.2, -0.15) is 0 Å². The van der Waals surface area contributed by atoms with E-state index in [2.05, 4.69) is 9.05 Å². The molecule has 0 bridgehead atoms. The summed E-state index contributed by atoms with van der Waals surface area (Å²) in [6.07, 6.45) is 0.673. The van der Waals surface area contributed by atoms with E-state index in [4.69, 9.17) is 23.2 Å². The zero-order valence-corrected chi connectivity index (χ0v) is 11.0. The smallest absolute Gasteiger partial charge is 0.746 e. The summed E-state index contributed by atoms with van der Waals surface area (Å²) in [5.74, 6) is 0. The summed E-state index contributed by atoms with van der Waals surface area (Å²) in [6, 6.07) is 0. The van der Waals surface area contributed by atoms with Gasteiger partial charge in [0.1, 0.15) is 10.8 Å². The average Bonchev–Trinajstić information content (AvgIpc) is 1.84. The second kappa shape index (κ2) is 7.65. The molecule has 0 aliphatic rings. The monoisotopic (exact) mass is 242 g/mol. The minimum atomic E-state index is -4.24. The van der Waals surface area contributed by atoms with Gasteiger partial charge in [-0.25, -0.2) is 0 Å². The van der Waals surface area contributed by atoms with Crippen LogP contribution in [0.2, 0.25) is 0 Å². The molecule has 0 radical (unpaired) electrons. The minimum Gasteiger partial charge on any atom is -0.746 e. The van der Waals surface area contributed by atoms with Crippen LogP contribution in [0.5, 0.6) is 0 Å². The van der Waals surface area contributed by atoms with Crippen LogP contribution in [0.3, 0.4) is 0 Å². The van der Waals surface area contributed by atoms with Gasteiger partial charge in [0.25, 0.3) is 0 Å². The van der Waals surface area contributed by atoms with Crippen LogP contribution in [0.25, 0.3) is 0 Å². The molecule has 0 amide bonds.